The number of aromatic amines is 1. The molecular formula is C22H21ClN4O3. The molecule has 2 aromatic heterocycles. The van der Waals surface area contributed by atoms with E-state index < -0.39 is 6.10 Å². The summed E-state index contributed by atoms with van der Waals surface area (Å²) in [4.78, 5) is 12.5. The minimum atomic E-state index is -0.889. The van der Waals surface area contributed by atoms with Gasteiger partial charge in [-0.1, -0.05) is 48.0 Å². The maximum Gasteiger partial charge on any atom is 0.163 e. The number of anilines is 1. The van der Waals surface area contributed by atoms with Crippen molar-refractivity contribution in [3.8, 4) is 17.1 Å². The van der Waals surface area contributed by atoms with Crippen molar-refractivity contribution < 1.29 is 14.9 Å². The van der Waals surface area contributed by atoms with Crippen LogP contribution in [0.5, 0.6) is 5.75 Å². The Kier molecular flexibility index (Phi) is 6.13. The van der Waals surface area contributed by atoms with Gasteiger partial charge in [-0.2, -0.15) is 0 Å². The highest BCUT2D eigenvalue weighted by molar-refractivity contribution is 6.30. The molecule has 4 aromatic rings. The van der Waals surface area contributed by atoms with E-state index in [1.54, 1.807) is 12.1 Å². The fourth-order valence-electron chi connectivity index (χ4n) is 2.99. The van der Waals surface area contributed by atoms with Crippen molar-refractivity contribution >= 4 is 28.5 Å². The Bertz CT molecular complexity index is 1130. The van der Waals surface area contributed by atoms with Crippen molar-refractivity contribution in [2.75, 3.05) is 18.5 Å². The largest absolute Gasteiger partial charge is 0.487 e. The molecule has 0 saturated heterocycles. The summed E-state index contributed by atoms with van der Waals surface area (Å²) in [6.45, 7) is 0.130. The Morgan fingerprint density at radius 2 is 1.90 bits per heavy atom. The molecule has 2 aromatic carbocycles. The van der Waals surface area contributed by atoms with Gasteiger partial charge in [0, 0.05) is 17.1 Å². The van der Waals surface area contributed by atoms with Gasteiger partial charge < -0.3 is 25.3 Å². The number of nitrogens with one attached hydrogen (secondary N) is 2. The fraction of sp³-hybridized carbons (Fsp3) is 0.182. The van der Waals surface area contributed by atoms with Gasteiger partial charge in [-0.05, 0) is 24.3 Å². The lowest BCUT2D eigenvalue weighted by Crippen LogP contribution is -2.23. The topological polar surface area (TPSA) is 103 Å². The van der Waals surface area contributed by atoms with Gasteiger partial charge in [0.05, 0.1) is 23.8 Å². The molecule has 0 saturated carbocycles. The number of rotatable bonds is 8. The number of hydrogen-bond acceptors (Lipinski definition) is 6. The summed E-state index contributed by atoms with van der Waals surface area (Å²) in [6.07, 6.45) is -0.889. The van der Waals surface area contributed by atoms with Crippen LogP contribution in [0.1, 0.15) is 5.69 Å². The van der Waals surface area contributed by atoms with Crippen molar-refractivity contribution in [3.63, 3.8) is 0 Å². The Labute approximate surface area is 178 Å². The van der Waals surface area contributed by atoms with Crippen molar-refractivity contribution in [2.45, 2.75) is 12.7 Å². The van der Waals surface area contributed by atoms with Crippen LogP contribution in [0.15, 0.2) is 60.7 Å². The molecule has 4 N–H and O–H groups in total. The molecule has 0 fully saturated rings. The Hall–Kier alpha value is -3.13. The molecule has 0 spiro atoms. The zero-order valence-electron chi connectivity index (χ0n) is 16.0. The second-order valence-electron chi connectivity index (χ2n) is 6.78. The van der Waals surface area contributed by atoms with Crippen LogP contribution in [0, 0.1) is 0 Å². The van der Waals surface area contributed by atoms with Gasteiger partial charge in [0.15, 0.2) is 5.82 Å². The molecule has 0 amide bonds. The summed E-state index contributed by atoms with van der Waals surface area (Å²) in [6, 6.07) is 18.7. The summed E-state index contributed by atoms with van der Waals surface area (Å²) in [7, 11) is 0. The molecule has 0 aliphatic carbocycles. The van der Waals surface area contributed by atoms with Gasteiger partial charge in [-0.25, -0.2) is 9.97 Å². The highest BCUT2D eigenvalue weighted by Crippen LogP contribution is 2.26. The monoisotopic (exact) mass is 424 g/mol. The second kappa shape index (κ2) is 9.13. The van der Waals surface area contributed by atoms with Gasteiger partial charge in [0.2, 0.25) is 0 Å². The summed E-state index contributed by atoms with van der Waals surface area (Å²) >= 11 is 6.01. The van der Waals surface area contributed by atoms with Crippen molar-refractivity contribution in [2.24, 2.45) is 0 Å². The van der Waals surface area contributed by atoms with Crippen LogP contribution in [0.4, 0.5) is 5.82 Å². The summed E-state index contributed by atoms with van der Waals surface area (Å²) in [5.41, 5.74) is 2.33. The Morgan fingerprint density at radius 1 is 1.07 bits per heavy atom. The molecule has 0 bridgehead atoms. The zero-order chi connectivity index (χ0) is 20.9. The van der Waals surface area contributed by atoms with E-state index in [9.17, 15) is 5.11 Å². The number of halogens is 1. The first-order valence-corrected chi connectivity index (χ1v) is 9.86. The van der Waals surface area contributed by atoms with Gasteiger partial charge in [-0.15, -0.1) is 0 Å². The third-order valence-corrected chi connectivity index (χ3v) is 4.72. The average molecular weight is 425 g/mol. The number of aliphatic hydroxyl groups excluding tert-OH is 2. The van der Waals surface area contributed by atoms with Crippen LogP contribution < -0.4 is 10.1 Å². The van der Waals surface area contributed by atoms with Crippen LogP contribution in [0.2, 0.25) is 5.02 Å². The van der Waals surface area contributed by atoms with E-state index in [1.807, 2.05) is 48.5 Å². The first-order chi connectivity index (χ1) is 14.6. The molecule has 0 aliphatic rings. The van der Waals surface area contributed by atoms with Gasteiger partial charge in [-0.3, -0.25) is 0 Å². The SMILES string of the molecule is OCC(O)CNc1nc(-c2ccccc2)nc2[nH]c(COc3cccc(Cl)c3)cc12. The van der Waals surface area contributed by atoms with E-state index >= 15 is 0 Å². The molecule has 7 nitrogen and oxygen atoms in total. The molecule has 154 valence electrons. The molecule has 0 radical (unpaired) electrons. The molecule has 0 aliphatic heterocycles. The third-order valence-electron chi connectivity index (χ3n) is 4.48. The zero-order valence-corrected chi connectivity index (χ0v) is 16.8. The van der Waals surface area contributed by atoms with Crippen molar-refractivity contribution in [1.82, 2.24) is 15.0 Å². The van der Waals surface area contributed by atoms with Gasteiger partial charge >= 0.3 is 0 Å². The molecular weight excluding hydrogens is 404 g/mol. The number of benzene rings is 2. The fourth-order valence-corrected chi connectivity index (χ4v) is 3.17. The van der Waals surface area contributed by atoms with E-state index in [1.165, 1.54) is 0 Å². The summed E-state index contributed by atoms with van der Waals surface area (Å²) < 4.78 is 5.82. The van der Waals surface area contributed by atoms with Crippen molar-refractivity contribution in [3.05, 3.63) is 71.4 Å². The van der Waals surface area contributed by atoms with Gasteiger partial charge in [0.1, 0.15) is 23.8 Å². The maximum absolute atomic E-state index is 9.72. The smallest absolute Gasteiger partial charge is 0.163 e. The molecule has 1 atom stereocenters. The van der Waals surface area contributed by atoms with Crippen LogP contribution >= 0.6 is 11.6 Å². The predicted molar refractivity (Wildman–Crippen MR) is 117 cm³/mol. The van der Waals surface area contributed by atoms with Crippen LogP contribution in [-0.2, 0) is 6.61 Å². The second-order valence-corrected chi connectivity index (χ2v) is 7.22. The van der Waals surface area contributed by atoms with E-state index in [4.69, 9.17) is 21.4 Å². The third kappa shape index (κ3) is 4.71. The lowest BCUT2D eigenvalue weighted by Gasteiger charge is -2.11. The lowest BCUT2D eigenvalue weighted by atomic mass is 10.2. The standard InChI is InChI=1S/C22H21ClN4O3/c23-15-7-4-8-18(9-15)30-13-16-10-19-21(24-11-17(29)12-28)26-20(27-22(19)25-16)14-5-2-1-3-6-14/h1-10,17,28-29H,11-13H2,(H2,24,25,26,27). The minimum absolute atomic E-state index is 0.163. The number of nitrogens with zero attached hydrogens (tertiary/aromatic N) is 2. The number of hydrogen-bond donors (Lipinski definition) is 4. The normalized spacial score (nSPS) is 12.1. The number of fused-ring (bicyclic) bond motifs is 1. The quantitative estimate of drug-likeness (QED) is 0.344. The number of H-pyrrole nitrogens is 1. The number of ether oxygens (including phenoxy) is 1. The van der Waals surface area contributed by atoms with Crippen molar-refractivity contribution in [1.29, 1.82) is 0 Å². The van der Waals surface area contributed by atoms with E-state index in [-0.39, 0.29) is 13.2 Å². The molecule has 30 heavy (non-hydrogen) atoms. The molecule has 4 rings (SSSR count). The average Bonchev–Trinajstić information content (AvgIpc) is 3.19. The first-order valence-electron chi connectivity index (χ1n) is 9.48. The first kappa shape index (κ1) is 20.2. The van der Waals surface area contributed by atoms with E-state index in [0.29, 0.717) is 34.7 Å². The van der Waals surface area contributed by atoms with E-state index in [0.717, 1.165) is 16.6 Å². The molecule has 2 heterocycles. The van der Waals surface area contributed by atoms with Crippen LogP contribution in [-0.4, -0.2) is 44.4 Å². The summed E-state index contributed by atoms with van der Waals surface area (Å²) in [5, 5.41) is 23.3. The summed E-state index contributed by atoms with van der Waals surface area (Å²) in [5.74, 6) is 1.78. The highest BCUT2D eigenvalue weighted by Gasteiger charge is 2.14. The van der Waals surface area contributed by atoms with Crippen LogP contribution in [0.25, 0.3) is 22.4 Å². The van der Waals surface area contributed by atoms with Crippen LogP contribution in [0.3, 0.4) is 0 Å². The maximum atomic E-state index is 9.72. The number of aliphatic hydroxyl groups is 2. The molecule has 8 heteroatoms. The Morgan fingerprint density at radius 3 is 2.67 bits per heavy atom. The highest BCUT2D eigenvalue weighted by atomic mass is 35.5. The minimum Gasteiger partial charge on any atom is -0.487 e. The lowest BCUT2D eigenvalue weighted by molar-refractivity contribution is 0.105. The Balaban J connectivity index is 1.65. The van der Waals surface area contributed by atoms with Gasteiger partial charge in [0.25, 0.3) is 0 Å². The molecule has 1 unspecified atom stereocenters. The predicted octanol–water partition coefficient (Wildman–Crippen LogP) is 3.62. The number of aromatic nitrogens is 3. The van der Waals surface area contributed by atoms with E-state index in [2.05, 4.69) is 20.3 Å².